The molecule has 180 valence electrons. The Morgan fingerprint density at radius 1 is 1.06 bits per heavy atom. The quantitative estimate of drug-likeness (QED) is 0.307. The van der Waals surface area contributed by atoms with Crippen LogP contribution in [-0.4, -0.2) is 46.8 Å². The van der Waals surface area contributed by atoms with Gasteiger partial charge in [-0.2, -0.15) is 18.3 Å². The molecule has 0 bridgehead atoms. The maximum atomic E-state index is 13.0. The van der Waals surface area contributed by atoms with Crippen molar-refractivity contribution < 1.29 is 32.2 Å². The number of halogens is 3. The van der Waals surface area contributed by atoms with Gasteiger partial charge in [-0.1, -0.05) is 18.2 Å². The number of nitrogens with zero attached hydrogens (tertiary/aromatic N) is 3. The first kappa shape index (κ1) is 23.9. The van der Waals surface area contributed by atoms with Crippen molar-refractivity contribution >= 4 is 23.2 Å². The molecule has 11 heteroatoms. The van der Waals surface area contributed by atoms with E-state index in [1.165, 1.54) is 36.2 Å². The van der Waals surface area contributed by atoms with Crippen molar-refractivity contribution in [3.63, 3.8) is 0 Å². The lowest BCUT2D eigenvalue weighted by molar-refractivity contribution is -0.137. The summed E-state index contributed by atoms with van der Waals surface area (Å²) in [6.07, 6.45) is -1.70. The molecule has 2 aromatic heterocycles. The van der Waals surface area contributed by atoms with Crippen LogP contribution in [0.15, 0.2) is 67.0 Å². The highest BCUT2D eigenvalue weighted by Gasteiger charge is 2.31. The number of anilines is 1. The van der Waals surface area contributed by atoms with Gasteiger partial charge in [0.05, 0.1) is 24.1 Å². The standard InChI is InChI=1S/C24H19F3N4O4/c1-34-10-11-35-23(33)19-14-29-31-20(8-9-28-21(19)31)15-4-3-7-18(13-15)30-22(32)16-5-2-6-17(12-16)24(25,26)27/h2-9,12-14H,10-11H2,1H3,(H,30,32). The van der Waals surface area contributed by atoms with Crippen LogP contribution in [0.5, 0.6) is 0 Å². The van der Waals surface area contributed by atoms with Gasteiger partial charge in [-0.25, -0.2) is 14.3 Å². The molecule has 4 rings (SSSR count). The van der Waals surface area contributed by atoms with Crippen molar-refractivity contribution in [2.45, 2.75) is 6.18 Å². The number of amides is 1. The molecule has 0 aliphatic carbocycles. The Morgan fingerprint density at radius 2 is 1.86 bits per heavy atom. The largest absolute Gasteiger partial charge is 0.460 e. The number of carbonyl (C=O) groups is 2. The molecular weight excluding hydrogens is 465 g/mol. The van der Waals surface area contributed by atoms with Crippen LogP contribution in [0.2, 0.25) is 0 Å². The van der Waals surface area contributed by atoms with Gasteiger partial charge >= 0.3 is 12.1 Å². The normalized spacial score (nSPS) is 11.4. The summed E-state index contributed by atoms with van der Waals surface area (Å²) >= 11 is 0. The average Bonchev–Trinajstić information content (AvgIpc) is 3.28. The number of rotatable bonds is 7. The van der Waals surface area contributed by atoms with Crippen molar-refractivity contribution in [1.82, 2.24) is 14.6 Å². The van der Waals surface area contributed by atoms with E-state index in [1.807, 2.05) is 0 Å². The van der Waals surface area contributed by atoms with E-state index >= 15 is 0 Å². The number of fused-ring (bicyclic) bond motifs is 1. The number of esters is 1. The van der Waals surface area contributed by atoms with Crippen LogP contribution in [-0.2, 0) is 15.7 Å². The van der Waals surface area contributed by atoms with Crippen LogP contribution in [0, 0.1) is 0 Å². The third-order valence-corrected chi connectivity index (χ3v) is 5.01. The summed E-state index contributed by atoms with van der Waals surface area (Å²) in [6.45, 7) is 0.336. The summed E-state index contributed by atoms with van der Waals surface area (Å²) in [4.78, 5) is 29.1. The molecule has 4 aromatic rings. The summed E-state index contributed by atoms with van der Waals surface area (Å²) in [7, 11) is 1.49. The molecule has 35 heavy (non-hydrogen) atoms. The van der Waals surface area contributed by atoms with E-state index in [4.69, 9.17) is 9.47 Å². The van der Waals surface area contributed by atoms with Gasteiger partial charge in [0.15, 0.2) is 5.65 Å². The Kier molecular flexibility index (Phi) is 6.78. The molecule has 0 saturated heterocycles. The Labute approximate surface area is 197 Å². The summed E-state index contributed by atoms with van der Waals surface area (Å²) < 4.78 is 50.4. The van der Waals surface area contributed by atoms with Crippen molar-refractivity contribution in [3.8, 4) is 11.3 Å². The second-order valence-corrected chi connectivity index (χ2v) is 7.37. The van der Waals surface area contributed by atoms with Crippen molar-refractivity contribution in [3.05, 3.63) is 83.7 Å². The first-order valence-electron chi connectivity index (χ1n) is 10.4. The topological polar surface area (TPSA) is 94.8 Å². The van der Waals surface area contributed by atoms with Crippen LogP contribution in [0.3, 0.4) is 0 Å². The Morgan fingerprint density at radius 3 is 2.63 bits per heavy atom. The molecule has 2 aromatic carbocycles. The predicted molar refractivity (Wildman–Crippen MR) is 120 cm³/mol. The van der Waals surface area contributed by atoms with Gasteiger partial charge < -0.3 is 14.8 Å². The van der Waals surface area contributed by atoms with E-state index < -0.39 is 23.6 Å². The number of carbonyl (C=O) groups excluding carboxylic acids is 2. The number of ether oxygens (including phenoxy) is 2. The van der Waals surface area contributed by atoms with E-state index in [1.54, 1.807) is 30.3 Å². The molecule has 0 atom stereocenters. The van der Waals surface area contributed by atoms with Crippen LogP contribution in [0.25, 0.3) is 16.9 Å². The van der Waals surface area contributed by atoms with E-state index in [0.717, 1.165) is 12.1 Å². The third kappa shape index (κ3) is 5.30. The summed E-state index contributed by atoms with van der Waals surface area (Å²) in [6, 6.07) is 12.5. The van der Waals surface area contributed by atoms with Crippen LogP contribution < -0.4 is 5.32 Å². The number of hydrogen-bond donors (Lipinski definition) is 1. The van der Waals surface area contributed by atoms with E-state index in [-0.39, 0.29) is 30.0 Å². The van der Waals surface area contributed by atoms with Gasteiger partial charge in [-0.05, 0) is 36.4 Å². The molecule has 1 amide bonds. The molecule has 0 aliphatic heterocycles. The molecule has 0 radical (unpaired) electrons. The molecule has 8 nitrogen and oxygen atoms in total. The number of aromatic nitrogens is 3. The molecule has 0 unspecified atom stereocenters. The molecular formula is C24H19F3N4O4. The van der Waals surface area contributed by atoms with E-state index in [9.17, 15) is 22.8 Å². The minimum absolute atomic E-state index is 0.0833. The van der Waals surface area contributed by atoms with Gasteiger partial charge in [0.25, 0.3) is 5.91 Å². The van der Waals surface area contributed by atoms with Crippen LogP contribution in [0.1, 0.15) is 26.3 Å². The minimum atomic E-state index is -4.55. The lowest BCUT2D eigenvalue weighted by Crippen LogP contribution is -2.14. The summed E-state index contributed by atoms with van der Waals surface area (Å²) in [5.41, 5.74) is 0.984. The number of hydrogen-bond acceptors (Lipinski definition) is 6. The SMILES string of the molecule is COCCOC(=O)c1cnn2c(-c3cccc(NC(=O)c4cccc(C(F)(F)F)c4)c3)ccnc12. The predicted octanol–water partition coefficient (Wildman–Crippen LogP) is 4.47. The molecule has 0 saturated carbocycles. The highest BCUT2D eigenvalue weighted by molar-refractivity contribution is 6.04. The molecule has 2 heterocycles. The fourth-order valence-corrected chi connectivity index (χ4v) is 3.35. The zero-order valence-corrected chi connectivity index (χ0v) is 18.4. The van der Waals surface area contributed by atoms with Gasteiger partial charge in [-0.3, -0.25) is 4.79 Å². The monoisotopic (exact) mass is 484 g/mol. The van der Waals surface area contributed by atoms with E-state index in [0.29, 0.717) is 16.9 Å². The maximum absolute atomic E-state index is 13.0. The first-order valence-corrected chi connectivity index (χ1v) is 10.4. The molecule has 0 aliphatic rings. The maximum Gasteiger partial charge on any atom is 0.416 e. The number of methoxy groups -OCH3 is 1. The lowest BCUT2D eigenvalue weighted by Gasteiger charge is -2.11. The van der Waals surface area contributed by atoms with E-state index in [2.05, 4.69) is 15.4 Å². The smallest absolute Gasteiger partial charge is 0.416 e. The third-order valence-electron chi connectivity index (χ3n) is 5.01. The molecule has 0 spiro atoms. The van der Waals surface area contributed by atoms with Gasteiger partial charge in [0, 0.05) is 30.1 Å². The Balaban J connectivity index is 1.59. The summed E-state index contributed by atoms with van der Waals surface area (Å²) in [5.74, 6) is -1.28. The Bertz CT molecular complexity index is 1380. The van der Waals surface area contributed by atoms with Crippen molar-refractivity contribution in [1.29, 1.82) is 0 Å². The van der Waals surface area contributed by atoms with Crippen molar-refractivity contribution in [2.24, 2.45) is 0 Å². The second-order valence-electron chi connectivity index (χ2n) is 7.37. The van der Waals surface area contributed by atoms with Gasteiger partial charge in [0.2, 0.25) is 0 Å². The number of benzene rings is 2. The zero-order valence-electron chi connectivity index (χ0n) is 18.4. The fourth-order valence-electron chi connectivity index (χ4n) is 3.35. The Hall–Kier alpha value is -4.25. The van der Waals surface area contributed by atoms with Gasteiger partial charge in [0.1, 0.15) is 12.2 Å². The molecule has 0 fully saturated rings. The minimum Gasteiger partial charge on any atom is -0.460 e. The van der Waals surface area contributed by atoms with Crippen molar-refractivity contribution in [2.75, 3.05) is 25.6 Å². The zero-order chi connectivity index (χ0) is 25.0. The highest BCUT2D eigenvalue weighted by atomic mass is 19.4. The second kappa shape index (κ2) is 9.94. The highest BCUT2D eigenvalue weighted by Crippen LogP contribution is 2.30. The molecule has 1 N–H and O–H groups in total. The fraction of sp³-hybridized carbons (Fsp3) is 0.167. The number of nitrogens with one attached hydrogen (secondary N) is 1. The van der Waals surface area contributed by atoms with Gasteiger partial charge in [-0.15, -0.1) is 0 Å². The average molecular weight is 484 g/mol. The lowest BCUT2D eigenvalue weighted by atomic mass is 10.1. The van der Waals surface area contributed by atoms with Crippen LogP contribution >= 0.6 is 0 Å². The number of alkyl halides is 3. The summed E-state index contributed by atoms with van der Waals surface area (Å²) in [5, 5.41) is 6.85. The first-order chi connectivity index (χ1) is 16.8. The van der Waals surface area contributed by atoms with Crippen LogP contribution in [0.4, 0.5) is 18.9 Å².